The molecule has 1 N–H and O–H groups in total. The zero-order chi connectivity index (χ0) is 19.4. The van der Waals surface area contributed by atoms with Gasteiger partial charge < -0.3 is 10.1 Å². The predicted molar refractivity (Wildman–Crippen MR) is 91.6 cm³/mol. The number of anilines is 2. The topological polar surface area (TPSA) is 59.9 Å². The summed E-state index contributed by atoms with van der Waals surface area (Å²) in [5.41, 5.74) is 1.52. The highest BCUT2D eigenvalue weighted by atomic mass is 35.5. The van der Waals surface area contributed by atoms with Crippen LogP contribution in [0.15, 0.2) is 54.9 Å². The van der Waals surface area contributed by atoms with Gasteiger partial charge in [0.2, 0.25) is 5.95 Å². The molecule has 5 nitrogen and oxygen atoms in total. The Morgan fingerprint density at radius 1 is 1.07 bits per heavy atom. The third kappa shape index (κ3) is 4.82. The lowest BCUT2D eigenvalue weighted by Gasteiger charge is -2.17. The minimum atomic E-state index is -4.59. The molecule has 3 aromatic rings. The highest BCUT2D eigenvalue weighted by Gasteiger charge is 2.43. The van der Waals surface area contributed by atoms with Crippen LogP contribution in [0.25, 0.3) is 11.3 Å². The van der Waals surface area contributed by atoms with Crippen LogP contribution in [0.5, 0.6) is 5.75 Å². The first-order valence-electron chi connectivity index (χ1n) is 7.50. The third-order valence-corrected chi connectivity index (χ3v) is 3.50. The second kappa shape index (κ2) is 7.75. The largest absolute Gasteiger partial charge is 0.461 e. The van der Waals surface area contributed by atoms with E-state index >= 15 is 0 Å². The molecule has 0 saturated heterocycles. The number of benzene rings is 1. The molecule has 0 aliphatic rings. The molecule has 3 rings (SSSR count). The number of aromatic nitrogens is 3. The van der Waals surface area contributed by atoms with Crippen molar-refractivity contribution in [1.82, 2.24) is 15.0 Å². The average Bonchev–Trinajstić information content (AvgIpc) is 2.62. The Kier molecular flexibility index (Phi) is 5.41. The van der Waals surface area contributed by atoms with E-state index in [-0.39, 0.29) is 11.6 Å². The maximum absolute atomic E-state index is 13.0. The molecule has 0 unspecified atom stereocenters. The van der Waals surface area contributed by atoms with Crippen molar-refractivity contribution in [2.24, 2.45) is 0 Å². The van der Waals surface area contributed by atoms with Gasteiger partial charge in [0.25, 0.3) is 0 Å². The van der Waals surface area contributed by atoms with E-state index in [0.29, 0.717) is 16.4 Å². The zero-order valence-corrected chi connectivity index (χ0v) is 14.2. The molecular formula is C17H11ClF4N4O. The highest BCUT2D eigenvalue weighted by molar-refractivity contribution is 6.29. The van der Waals surface area contributed by atoms with E-state index in [1.807, 2.05) is 0 Å². The van der Waals surface area contributed by atoms with E-state index in [9.17, 15) is 17.6 Å². The normalized spacial score (nSPS) is 11.5. The molecular weight excluding hydrogens is 388 g/mol. The lowest BCUT2D eigenvalue weighted by atomic mass is 10.2. The second-order valence-electron chi connectivity index (χ2n) is 5.25. The second-order valence-corrected chi connectivity index (χ2v) is 5.64. The fourth-order valence-electron chi connectivity index (χ4n) is 2.08. The molecule has 0 spiro atoms. The summed E-state index contributed by atoms with van der Waals surface area (Å²) in [6, 6.07) is 10.1. The monoisotopic (exact) mass is 398 g/mol. The van der Waals surface area contributed by atoms with Crippen LogP contribution in [0, 0.1) is 0 Å². The Bertz CT molecular complexity index is 925. The van der Waals surface area contributed by atoms with Crippen molar-refractivity contribution >= 4 is 23.2 Å². The molecule has 27 heavy (non-hydrogen) atoms. The van der Waals surface area contributed by atoms with Gasteiger partial charge >= 0.3 is 12.5 Å². The van der Waals surface area contributed by atoms with Crippen LogP contribution in [0.4, 0.5) is 29.2 Å². The lowest BCUT2D eigenvalue weighted by Crippen LogP contribution is -2.33. The first kappa shape index (κ1) is 18.8. The molecule has 0 bridgehead atoms. The Labute approximate surface area is 156 Å². The highest BCUT2D eigenvalue weighted by Crippen LogP contribution is 2.29. The summed E-state index contributed by atoms with van der Waals surface area (Å²) in [5, 5.41) is 3.14. The summed E-state index contributed by atoms with van der Waals surface area (Å²) in [4.78, 5) is 12.3. The standard InChI is InChI=1S/C17H11ClF4N4O/c18-14-5-4-10(9-24-14)13-6-7-23-16(26-13)25-11-2-1-3-12(8-11)27-17(21,22)15(19)20/h1-9,15H,(H,23,25,26). The predicted octanol–water partition coefficient (Wildman–Crippen LogP) is 5.17. The van der Waals surface area contributed by atoms with Crippen molar-refractivity contribution in [3.63, 3.8) is 0 Å². The Morgan fingerprint density at radius 2 is 1.89 bits per heavy atom. The SMILES string of the molecule is FC(F)C(F)(F)Oc1cccc(Nc2nccc(-c3ccc(Cl)nc3)n2)c1. The lowest BCUT2D eigenvalue weighted by molar-refractivity contribution is -0.253. The van der Waals surface area contributed by atoms with Crippen LogP contribution in [-0.4, -0.2) is 27.5 Å². The van der Waals surface area contributed by atoms with Crippen molar-refractivity contribution in [3.8, 4) is 17.0 Å². The Morgan fingerprint density at radius 3 is 2.59 bits per heavy atom. The fourth-order valence-corrected chi connectivity index (χ4v) is 2.19. The van der Waals surface area contributed by atoms with Crippen LogP contribution in [0.1, 0.15) is 0 Å². The number of alkyl halides is 4. The smallest absolute Gasteiger partial charge is 0.428 e. The first-order valence-corrected chi connectivity index (χ1v) is 7.88. The van der Waals surface area contributed by atoms with Crippen molar-refractivity contribution < 1.29 is 22.3 Å². The van der Waals surface area contributed by atoms with Crippen molar-refractivity contribution in [1.29, 1.82) is 0 Å². The van der Waals surface area contributed by atoms with Gasteiger partial charge in [-0.25, -0.2) is 15.0 Å². The van der Waals surface area contributed by atoms with Gasteiger partial charge in [-0.15, -0.1) is 0 Å². The van der Waals surface area contributed by atoms with Gasteiger partial charge in [0.15, 0.2) is 0 Å². The molecule has 0 fully saturated rings. The van der Waals surface area contributed by atoms with Crippen molar-refractivity contribution in [2.45, 2.75) is 12.5 Å². The maximum Gasteiger partial charge on any atom is 0.461 e. The van der Waals surface area contributed by atoms with Gasteiger partial charge in [-0.3, -0.25) is 0 Å². The number of nitrogens with one attached hydrogen (secondary N) is 1. The van der Waals surface area contributed by atoms with Gasteiger partial charge in [-0.2, -0.15) is 17.6 Å². The number of nitrogens with zero attached hydrogens (tertiary/aromatic N) is 3. The number of hydrogen-bond donors (Lipinski definition) is 1. The number of halogens is 5. The number of rotatable bonds is 6. The zero-order valence-electron chi connectivity index (χ0n) is 13.4. The molecule has 0 saturated carbocycles. The third-order valence-electron chi connectivity index (χ3n) is 3.28. The molecule has 0 aliphatic heterocycles. The van der Waals surface area contributed by atoms with Gasteiger partial charge in [0, 0.05) is 29.7 Å². The van der Waals surface area contributed by atoms with E-state index < -0.39 is 18.3 Å². The summed E-state index contributed by atoms with van der Waals surface area (Å²) >= 11 is 5.75. The molecule has 1 aromatic carbocycles. The van der Waals surface area contributed by atoms with Gasteiger partial charge in [-0.1, -0.05) is 17.7 Å². The molecule has 2 heterocycles. The van der Waals surface area contributed by atoms with Crippen LogP contribution >= 0.6 is 11.6 Å². The summed E-state index contributed by atoms with van der Waals surface area (Å²) in [7, 11) is 0. The Hall–Kier alpha value is -2.94. The van der Waals surface area contributed by atoms with Crippen LogP contribution in [0.2, 0.25) is 5.15 Å². The van der Waals surface area contributed by atoms with Crippen LogP contribution in [-0.2, 0) is 0 Å². The molecule has 10 heteroatoms. The molecule has 0 radical (unpaired) electrons. The molecule has 0 atom stereocenters. The molecule has 0 amide bonds. The summed E-state index contributed by atoms with van der Waals surface area (Å²) < 4.78 is 54.6. The van der Waals surface area contributed by atoms with E-state index in [0.717, 1.165) is 12.1 Å². The summed E-state index contributed by atoms with van der Waals surface area (Å²) in [6.07, 6.45) is -5.50. The Balaban J connectivity index is 1.79. The van der Waals surface area contributed by atoms with E-state index in [4.69, 9.17) is 11.6 Å². The van der Waals surface area contributed by atoms with Crippen LogP contribution in [0.3, 0.4) is 0 Å². The minimum absolute atomic E-state index is 0.167. The van der Waals surface area contributed by atoms with Crippen molar-refractivity contribution in [2.75, 3.05) is 5.32 Å². The van der Waals surface area contributed by atoms with Gasteiger partial charge in [0.1, 0.15) is 10.9 Å². The number of pyridine rings is 1. The number of hydrogen-bond acceptors (Lipinski definition) is 5. The van der Waals surface area contributed by atoms with E-state index in [1.165, 1.54) is 24.5 Å². The van der Waals surface area contributed by atoms with E-state index in [2.05, 4.69) is 25.0 Å². The van der Waals surface area contributed by atoms with Gasteiger partial charge in [0.05, 0.1) is 5.69 Å². The van der Waals surface area contributed by atoms with Crippen molar-refractivity contribution in [3.05, 3.63) is 60.0 Å². The fraction of sp³-hybridized carbons (Fsp3) is 0.118. The summed E-state index contributed by atoms with van der Waals surface area (Å²) in [6.45, 7) is 0. The maximum atomic E-state index is 13.0. The quantitative estimate of drug-likeness (QED) is 0.458. The molecule has 140 valence electrons. The molecule has 0 aliphatic carbocycles. The van der Waals surface area contributed by atoms with Gasteiger partial charge in [-0.05, 0) is 30.3 Å². The number of ether oxygens (including phenoxy) is 1. The summed E-state index contributed by atoms with van der Waals surface area (Å²) in [5.74, 6) is -0.261. The molecule has 2 aromatic heterocycles. The van der Waals surface area contributed by atoms with Crippen LogP contribution < -0.4 is 10.1 Å². The minimum Gasteiger partial charge on any atom is -0.428 e. The average molecular weight is 399 g/mol. The van der Waals surface area contributed by atoms with E-state index in [1.54, 1.807) is 18.2 Å². The first-order chi connectivity index (χ1) is 12.8.